The molecule has 0 saturated heterocycles. The van der Waals surface area contributed by atoms with E-state index in [2.05, 4.69) is 5.32 Å². The maximum Gasteiger partial charge on any atom is 0.310 e. The molecule has 0 bridgehead atoms. The highest BCUT2D eigenvalue weighted by Crippen LogP contribution is 2.17. The van der Waals surface area contributed by atoms with E-state index in [9.17, 15) is 14.4 Å². The van der Waals surface area contributed by atoms with Gasteiger partial charge < -0.3 is 15.2 Å². The molecule has 0 aromatic rings. The zero-order valence-corrected chi connectivity index (χ0v) is 10.2. The second kappa shape index (κ2) is 6.78. The minimum Gasteiger partial charge on any atom is -0.481 e. The molecule has 2 N–H and O–H groups in total. The molecule has 6 nitrogen and oxygen atoms in total. The standard InChI is InChI=1S/C12H17NO5/c1-2-18-11(15)6-5-10(14)13-9-4-3-8(7-9)12(16)17/h3-4,8-9H,2,5-7H2,1H3,(H,13,14)(H,16,17). The summed E-state index contributed by atoms with van der Waals surface area (Å²) in [7, 11) is 0. The summed E-state index contributed by atoms with van der Waals surface area (Å²) < 4.78 is 4.70. The topological polar surface area (TPSA) is 92.7 Å². The zero-order chi connectivity index (χ0) is 13.5. The van der Waals surface area contributed by atoms with Gasteiger partial charge in [-0.25, -0.2) is 0 Å². The molecule has 100 valence electrons. The van der Waals surface area contributed by atoms with Gasteiger partial charge in [0.2, 0.25) is 5.91 Å². The van der Waals surface area contributed by atoms with E-state index in [0.717, 1.165) is 0 Å². The lowest BCUT2D eigenvalue weighted by Gasteiger charge is -2.11. The number of rotatable bonds is 6. The molecule has 2 atom stereocenters. The Morgan fingerprint density at radius 3 is 2.61 bits per heavy atom. The molecule has 0 spiro atoms. The van der Waals surface area contributed by atoms with Crippen LogP contribution in [0.25, 0.3) is 0 Å². The predicted molar refractivity (Wildman–Crippen MR) is 62.7 cm³/mol. The van der Waals surface area contributed by atoms with Gasteiger partial charge in [0, 0.05) is 12.5 Å². The zero-order valence-electron chi connectivity index (χ0n) is 10.2. The van der Waals surface area contributed by atoms with Crippen molar-refractivity contribution in [1.29, 1.82) is 0 Å². The molecular formula is C12H17NO5. The molecule has 1 aliphatic carbocycles. The summed E-state index contributed by atoms with van der Waals surface area (Å²) in [5.41, 5.74) is 0. The van der Waals surface area contributed by atoms with E-state index in [-0.39, 0.29) is 24.8 Å². The van der Waals surface area contributed by atoms with Crippen molar-refractivity contribution in [2.45, 2.75) is 32.2 Å². The van der Waals surface area contributed by atoms with Crippen molar-refractivity contribution in [3.05, 3.63) is 12.2 Å². The van der Waals surface area contributed by atoms with Crippen LogP contribution in [0, 0.1) is 5.92 Å². The average molecular weight is 255 g/mol. The van der Waals surface area contributed by atoms with Crippen molar-refractivity contribution < 1.29 is 24.2 Å². The maximum atomic E-state index is 11.5. The molecule has 1 rings (SSSR count). The Labute approximate surface area is 105 Å². The van der Waals surface area contributed by atoms with Gasteiger partial charge in [0.1, 0.15) is 0 Å². The Bertz CT molecular complexity index is 363. The average Bonchev–Trinajstić information content (AvgIpc) is 2.75. The van der Waals surface area contributed by atoms with Gasteiger partial charge in [-0.1, -0.05) is 12.2 Å². The highest BCUT2D eigenvalue weighted by molar-refractivity contribution is 5.82. The minimum absolute atomic E-state index is 0.0401. The minimum atomic E-state index is -0.894. The number of hydrogen-bond acceptors (Lipinski definition) is 4. The van der Waals surface area contributed by atoms with Crippen LogP contribution in [-0.4, -0.2) is 35.6 Å². The highest BCUT2D eigenvalue weighted by atomic mass is 16.5. The predicted octanol–water partition coefficient (Wildman–Crippen LogP) is 0.475. The van der Waals surface area contributed by atoms with Crippen molar-refractivity contribution >= 4 is 17.8 Å². The van der Waals surface area contributed by atoms with Gasteiger partial charge in [-0.3, -0.25) is 14.4 Å². The van der Waals surface area contributed by atoms with Crippen LogP contribution in [0.3, 0.4) is 0 Å². The fourth-order valence-corrected chi connectivity index (χ4v) is 1.72. The smallest absolute Gasteiger partial charge is 0.310 e. The fraction of sp³-hybridized carbons (Fsp3) is 0.583. The SMILES string of the molecule is CCOC(=O)CCC(=O)NC1C=CC(C(=O)O)C1. The molecule has 0 aromatic heterocycles. The van der Waals surface area contributed by atoms with Gasteiger partial charge in [0.15, 0.2) is 0 Å². The summed E-state index contributed by atoms with van der Waals surface area (Å²) in [6.45, 7) is 2.00. The van der Waals surface area contributed by atoms with E-state index in [1.54, 1.807) is 19.1 Å². The molecule has 1 aliphatic rings. The molecule has 0 aliphatic heterocycles. The van der Waals surface area contributed by atoms with Gasteiger partial charge in [0.25, 0.3) is 0 Å². The van der Waals surface area contributed by atoms with Crippen molar-refractivity contribution in [3.8, 4) is 0 Å². The molecule has 0 fully saturated rings. The molecule has 0 aromatic carbocycles. The number of carboxylic acid groups (broad SMARTS) is 1. The van der Waals surface area contributed by atoms with E-state index in [4.69, 9.17) is 9.84 Å². The van der Waals surface area contributed by atoms with Crippen LogP contribution in [0.2, 0.25) is 0 Å². The molecule has 1 amide bonds. The first-order valence-electron chi connectivity index (χ1n) is 5.89. The lowest BCUT2D eigenvalue weighted by atomic mass is 10.1. The van der Waals surface area contributed by atoms with Gasteiger partial charge in [0.05, 0.1) is 18.9 Å². The molecule has 0 saturated carbocycles. The van der Waals surface area contributed by atoms with Crippen LogP contribution in [-0.2, 0) is 19.1 Å². The van der Waals surface area contributed by atoms with Crippen molar-refractivity contribution in [2.75, 3.05) is 6.61 Å². The Kier molecular flexibility index (Phi) is 5.35. The summed E-state index contributed by atoms with van der Waals surface area (Å²) in [4.78, 5) is 33.2. The third-order valence-corrected chi connectivity index (χ3v) is 2.61. The summed E-state index contributed by atoms with van der Waals surface area (Å²) in [6, 6.07) is -0.263. The van der Waals surface area contributed by atoms with Crippen molar-refractivity contribution in [1.82, 2.24) is 5.32 Å². The van der Waals surface area contributed by atoms with Crippen LogP contribution < -0.4 is 5.32 Å². The number of nitrogens with one attached hydrogen (secondary N) is 1. The van der Waals surface area contributed by atoms with Crippen LogP contribution in [0.1, 0.15) is 26.2 Å². The van der Waals surface area contributed by atoms with E-state index in [0.29, 0.717) is 13.0 Å². The second-order valence-corrected chi connectivity index (χ2v) is 4.04. The van der Waals surface area contributed by atoms with E-state index < -0.39 is 17.9 Å². The maximum absolute atomic E-state index is 11.5. The summed E-state index contributed by atoms with van der Waals surface area (Å²) in [5, 5.41) is 11.4. The first-order chi connectivity index (χ1) is 8.52. The lowest BCUT2D eigenvalue weighted by Crippen LogP contribution is -2.33. The number of amides is 1. The van der Waals surface area contributed by atoms with Gasteiger partial charge in [-0.05, 0) is 13.3 Å². The number of carbonyl (C=O) groups excluding carboxylic acids is 2. The molecule has 0 radical (unpaired) electrons. The van der Waals surface area contributed by atoms with Crippen LogP contribution in [0.4, 0.5) is 0 Å². The third kappa shape index (κ3) is 4.57. The van der Waals surface area contributed by atoms with Gasteiger partial charge >= 0.3 is 11.9 Å². The summed E-state index contributed by atoms with van der Waals surface area (Å²) in [5.74, 6) is -2.11. The Morgan fingerprint density at radius 2 is 2.06 bits per heavy atom. The van der Waals surface area contributed by atoms with E-state index in [1.165, 1.54) is 0 Å². The molecular weight excluding hydrogens is 238 g/mol. The first-order valence-corrected chi connectivity index (χ1v) is 5.89. The first kappa shape index (κ1) is 14.2. The molecule has 18 heavy (non-hydrogen) atoms. The van der Waals surface area contributed by atoms with Crippen LogP contribution in [0.15, 0.2) is 12.2 Å². The number of aliphatic carboxylic acids is 1. The summed E-state index contributed by atoms with van der Waals surface area (Å²) in [6.07, 6.45) is 3.69. The number of carbonyl (C=O) groups is 3. The largest absolute Gasteiger partial charge is 0.481 e. The number of hydrogen-bond donors (Lipinski definition) is 2. The fourth-order valence-electron chi connectivity index (χ4n) is 1.72. The highest BCUT2D eigenvalue weighted by Gasteiger charge is 2.25. The Balaban J connectivity index is 2.24. The van der Waals surface area contributed by atoms with Gasteiger partial charge in [-0.15, -0.1) is 0 Å². The Hall–Kier alpha value is -1.85. The summed E-state index contributed by atoms with van der Waals surface area (Å²) >= 11 is 0. The second-order valence-electron chi connectivity index (χ2n) is 4.04. The van der Waals surface area contributed by atoms with Crippen molar-refractivity contribution in [3.63, 3.8) is 0 Å². The number of ether oxygens (including phenoxy) is 1. The third-order valence-electron chi connectivity index (χ3n) is 2.61. The quantitative estimate of drug-likeness (QED) is 0.532. The Morgan fingerprint density at radius 1 is 1.33 bits per heavy atom. The van der Waals surface area contributed by atoms with Gasteiger partial charge in [-0.2, -0.15) is 0 Å². The monoisotopic (exact) mass is 255 g/mol. The normalized spacial score (nSPS) is 21.6. The number of carboxylic acids is 1. The van der Waals surface area contributed by atoms with Crippen LogP contribution in [0.5, 0.6) is 0 Å². The number of esters is 1. The van der Waals surface area contributed by atoms with Crippen molar-refractivity contribution in [2.24, 2.45) is 5.92 Å². The molecule has 6 heteroatoms. The van der Waals surface area contributed by atoms with Crippen LogP contribution >= 0.6 is 0 Å². The lowest BCUT2D eigenvalue weighted by molar-refractivity contribution is -0.144. The van der Waals surface area contributed by atoms with E-state index >= 15 is 0 Å². The van der Waals surface area contributed by atoms with E-state index in [1.807, 2.05) is 0 Å². The molecule has 0 heterocycles. The molecule has 2 unspecified atom stereocenters.